The number of oxazole rings is 1. The highest BCUT2D eigenvalue weighted by molar-refractivity contribution is 6.33. The van der Waals surface area contributed by atoms with Crippen molar-refractivity contribution >= 4 is 34.3 Å². The van der Waals surface area contributed by atoms with Crippen molar-refractivity contribution in [2.75, 3.05) is 5.32 Å². The lowest BCUT2D eigenvalue weighted by atomic mass is 9.98. The number of carbonyl (C=O) groups excluding carboxylic acids is 1. The summed E-state index contributed by atoms with van der Waals surface area (Å²) in [5, 5.41) is 3.34. The SMILES string of the molecule is CCCC(=O)Nc1cc(-c2nc3cc([C@H](C)CC)ccc3o2)ccc1Cl. The summed E-state index contributed by atoms with van der Waals surface area (Å²) in [5.41, 5.74) is 4.19. The Bertz CT molecular complexity index is 933. The van der Waals surface area contributed by atoms with Crippen LogP contribution in [0.25, 0.3) is 22.6 Å². The van der Waals surface area contributed by atoms with Gasteiger partial charge in [0.05, 0.1) is 10.7 Å². The summed E-state index contributed by atoms with van der Waals surface area (Å²) in [6.07, 6.45) is 2.32. The van der Waals surface area contributed by atoms with Gasteiger partial charge in [-0.2, -0.15) is 0 Å². The molecule has 3 rings (SSSR count). The van der Waals surface area contributed by atoms with Gasteiger partial charge in [-0.25, -0.2) is 4.98 Å². The molecule has 4 nitrogen and oxygen atoms in total. The van der Waals surface area contributed by atoms with Gasteiger partial charge in [0.1, 0.15) is 5.52 Å². The van der Waals surface area contributed by atoms with E-state index >= 15 is 0 Å². The number of aromatic nitrogens is 1. The molecule has 0 spiro atoms. The minimum atomic E-state index is -0.0534. The lowest BCUT2D eigenvalue weighted by molar-refractivity contribution is -0.116. The van der Waals surface area contributed by atoms with Gasteiger partial charge in [-0.15, -0.1) is 0 Å². The van der Waals surface area contributed by atoms with Crippen LogP contribution in [0.1, 0.15) is 51.5 Å². The van der Waals surface area contributed by atoms with Crippen molar-refractivity contribution in [3.05, 3.63) is 47.0 Å². The van der Waals surface area contributed by atoms with E-state index in [0.29, 0.717) is 28.9 Å². The predicted molar refractivity (Wildman–Crippen MR) is 107 cm³/mol. The fraction of sp³-hybridized carbons (Fsp3) is 0.333. The molecule has 1 aromatic heterocycles. The van der Waals surface area contributed by atoms with E-state index in [2.05, 4.69) is 36.3 Å². The number of nitrogens with one attached hydrogen (secondary N) is 1. The molecule has 1 amide bonds. The van der Waals surface area contributed by atoms with Crippen LogP contribution in [0.2, 0.25) is 5.02 Å². The maximum Gasteiger partial charge on any atom is 0.227 e. The fourth-order valence-corrected chi connectivity index (χ4v) is 2.97. The van der Waals surface area contributed by atoms with Crippen molar-refractivity contribution in [1.29, 1.82) is 0 Å². The van der Waals surface area contributed by atoms with Crippen LogP contribution in [0.15, 0.2) is 40.8 Å². The van der Waals surface area contributed by atoms with Crippen molar-refractivity contribution in [2.24, 2.45) is 0 Å². The van der Waals surface area contributed by atoms with Gasteiger partial charge in [-0.05, 0) is 54.7 Å². The molecule has 0 aliphatic carbocycles. The van der Waals surface area contributed by atoms with E-state index in [1.165, 1.54) is 5.56 Å². The molecule has 5 heteroatoms. The van der Waals surface area contributed by atoms with Gasteiger partial charge in [0.15, 0.2) is 5.58 Å². The summed E-state index contributed by atoms with van der Waals surface area (Å²) >= 11 is 6.21. The number of hydrogen-bond donors (Lipinski definition) is 1. The predicted octanol–water partition coefficient (Wildman–Crippen LogP) is 6.40. The van der Waals surface area contributed by atoms with Crippen molar-refractivity contribution < 1.29 is 9.21 Å². The van der Waals surface area contributed by atoms with E-state index in [0.717, 1.165) is 29.5 Å². The molecule has 3 aromatic rings. The first-order valence-corrected chi connectivity index (χ1v) is 9.39. The Hall–Kier alpha value is -2.33. The monoisotopic (exact) mass is 370 g/mol. The third kappa shape index (κ3) is 3.91. The molecule has 136 valence electrons. The molecule has 0 radical (unpaired) electrons. The van der Waals surface area contributed by atoms with E-state index in [4.69, 9.17) is 16.0 Å². The summed E-state index contributed by atoms with van der Waals surface area (Å²) < 4.78 is 5.90. The molecule has 0 unspecified atom stereocenters. The van der Waals surface area contributed by atoms with Gasteiger partial charge in [0, 0.05) is 12.0 Å². The topological polar surface area (TPSA) is 55.1 Å². The molecule has 0 aliphatic rings. The van der Waals surface area contributed by atoms with Crippen LogP contribution in [0.5, 0.6) is 0 Å². The first kappa shape index (κ1) is 18.5. The normalized spacial score (nSPS) is 12.3. The minimum absolute atomic E-state index is 0.0534. The summed E-state index contributed by atoms with van der Waals surface area (Å²) in [4.78, 5) is 16.5. The number of benzene rings is 2. The maximum absolute atomic E-state index is 11.9. The first-order chi connectivity index (χ1) is 12.5. The number of fused-ring (bicyclic) bond motifs is 1. The van der Waals surface area contributed by atoms with Crippen LogP contribution in [0.4, 0.5) is 5.69 Å². The Labute approximate surface area is 158 Å². The van der Waals surface area contributed by atoms with Crippen LogP contribution in [0, 0.1) is 0 Å². The van der Waals surface area contributed by atoms with Crippen LogP contribution >= 0.6 is 11.6 Å². The van der Waals surface area contributed by atoms with Crippen LogP contribution < -0.4 is 5.32 Å². The van der Waals surface area contributed by atoms with E-state index in [1.54, 1.807) is 12.1 Å². The maximum atomic E-state index is 11.9. The molecule has 0 saturated carbocycles. The molecular weight excluding hydrogens is 348 g/mol. The second-order valence-corrected chi connectivity index (χ2v) is 6.96. The van der Waals surface area contributed by atoms with Gasteiger partial charge in [-0.1, -0.05) is 38.4 Å². The molecule has 1 N–H and O–H groups in total. The molecule has 0 saturated heterocycles. The van der Waals surface area contributed by atoms with Gasteiger partial charge >= 0.3 is 0 Å². The largest absolute Gasteiger partial charge is 0.436 e. The molecule has 0 fully saturated rings. The number of hydrogen-bond acceptors (Lipinski definition) is 3. The average Bonchev–Trinajstić information content (AvgIpc) is 3.06. The van der Waals surface area contributed by atoms with Gasteiger partial charge in [0.2, 0.25) is 11.8 Å². The summed E-state index contributed by atoms with van der Waals surface area (Å²) in [6.45, 7) is 6.33. The molecule has 1 heterocycles. The average molecular weight is 371 g/mol. The third-order valence-corrected chi connectivity index (χ3v) is 4.89. The summed E-state index contributed by atoms with van der Waals surface area (Å²) in [7, 11) is 0. The highest BCUT2D eigenvalue weighted by atomic mass is 35.5. The standard InChI is InChI=1S/C21H23ClN2O2/c1-4-6-20(25)23-17-12-15(7-9-16(17)22)21-24-18-11-14(13(3)5-2)8-10-19(18)26-21/h7-13H,4-6H2,1-3H3,(H,23,25)/t13-/m1/s1. The summed E-state index contributed by atoms with van der Waals surface area (Å²) in [6, 6.07) is 11.5. The second-order valence-electron chi connectivity index (χ2n) is 6.55. The number of nitrogens with zero attached hydrogens (tertiary/aromatic N) is 1. The minimum Gasteiger partial charge on any atom is -0.436 e. The Morgan fingerprint density at radius 2 is 2.04 bits per heavy atom. The number of amides is 1. The van der Waals surface area contributed by atoms with Crippen LogP contribution in [-0.2, 0) is 4.79 Å². The zero-order chi connectivity index (χ0) is 18.7. The zero-order valence-corrected chi connectivity index (χ0v) is 16.1. The van der Waals surface area contributed by atoms with Gasteiger partial charge in [-0.3, -0.25) is 4.79 Å². The molecular formula is C21H23ClN2O2. The van der Waals surface area contributed by atoms with E-state index < -0.39 is 0 Å². The smallest absolute Gasteiger partial charge is 0.227 e. The van der Waals surface area contributed by atoms with Gasteiger partial charge < -0.3 is 9.73 Å². The molecule has 26 heavy (non-hydrogen) atoms. The molecule has 0 aliphatic heterocycles. The number of rotatable bonds is 6. The highest BCUT2D eigenvalue weighted by Crippen LogP contribution is 2.31. The van der Waals surface area contributed by atoms with Crippen molar-refractivity contribution in [3.63, 3.8) is 0 Å². The van der Waals surface area contributed by atoms with Crippen LogP contribution in [-0.4, -0.2) is 10.9 Å². The highest BCUT2D eigenvalue weighted by Gasteiger charge is 2.13. The Kier molecular flexibility index (Phi) is 5.62. The van der Waals surface area contributed by atoms with Crippen LogP contribution in [0.3, 0.4) is 0 Å². The number of anilines is 1. The van der Waals surface area contributed by atoms with Crippen molar-refractivity contribution in [3.8, 4) is 11.5 Å². The number of halogens is 1. The van der Waals surface area contributed by atoms with Crippen molar-refractivity contribution in [2.45, 2.75) is 46.0 Å². The Balaban J connectivity index is 1.94. The molecule has 2 aromatic carbocycles. The Morgan fingerprint density at radius 3 is 2.77 bits per heavy atom. The lowest BCUT2D eigenvalue weighted by Crippen LogP contribution is -2.10. The first-order valence-electron chi connectivity index (χ1n) is 9.02. The van der Waals surface area contributed by atoms with Gasteiger partial charge in [0.25, 0.3) is 0 Å². The molecule has 0 bridgehead atoms. The van der Waals surface area contributed by atoms with E-state index in [-0.39, 0.29) is 5.91 Å². The second kappa shape index (κ2) is 7.92. The zero-order valence-electron chi connectivity index (χ0n) is 15.3. The van der Waals surface area contributed by atoms with E-state index in [1.807, 2.05) is 19.1 Å². The lowest BCUT2D eigenvalue weighted by Gasteiger charge is -2.07. The fourth-order valence-electron chi connectivity index (χ4n) is 2.80. The third-order valence-electron chi connectivity index (χ3n) is 4.56. The molecule has 1 atom stereocenters. The Morgan fingerprint density at radius 1 is 1.23 bits per heavy atom. The van der Waals surface area contributed by atoms with Crippen molar-refractivity contribution in [1.82, 2.24) is 4.98 Å². The summed E-state index contributed by atoms with van der Waals surface area (Å²) in [5.74, 6) is 0.946. The quantitative estimate of drug-likeness (QED) is 0.546. The van der Waals surface area contributed by atoms with E-state index in [9.17, 15) is 4.79 Å². The number of carbonyl (C=O) groups is 1.